The Balaban J connectivity index is 1.51. The molecule has 0 radical (unpaired) electrons. The van der Waals surface area contributed by atoms with Crippen molar-refractivity contribution < 1.29 is 4.79 Å². The van der Waals surface area contributed by atoms with Gasteiger partial charge in [-0.1, -0.05) is 0 Å². The van der Waals surface area contributed by atoms with Crippen LogP contribution in [-0.4, -0.2) is 43.9 Å². The average molecular weight is 273 g/mol. The third-order valence-electron chi connectivity index (χ3n) is 3.82. The van der Waals surface area contributed by atoms with Crippen LogP contribution in [0.25, 0.3) is 0 Å². The molecule has 1 saturated heterocycles. The highest BCUT2D eigenvalue weighted by atomic mass is 16.2. The van der Waals surface area contributed by atoms with Crippen LogP contribution in [0.4, 0.5) is 0 Å². The van der Waals surface area contributed by atoms with Gasteiger partial charge in [-0.05, 0) is 25.0 Å². The van der Waals surface area contributed by atoms with Crippen LogP contribution in [0.15, 0.2) is 24.7 Å². The second kappa shape index (κ2) is 5.48. The van der Waals surface area contributed by atoms with Gasteiger partial charge in [0.15, 0.2) is 0 Å². The average Bonchev–Trinajstić information content (AvgIpc) is 3.16. The van der Waals surface area contributed by atoms with Crippen molar-refractivity contribution in [3.8, 4) is 0 Å². The first-order chi connectivity index (χ1) is 9.72. The lowest BCUT2D eigenvalue weighted by Crippen LogP contribution is -2.29. The van der Waals surface area contributed by atoms with Crippen molar-refractivity contribution in [2.24, 2.45) is 0 Å². The molecular weight excluding hydrogens is 254 g/mol. The maximum Gasteiger partial charge on any atom is 0.224 e. The molecule has 1 amide bonds. The van der Waals surface area contributed by atoms with E-state index >= 15 is 0 Å². The quantitative estimate of drug-likeness (QED) is 0.913. The van der Waals surface area contributed by atoms with E-state index in [1.165, 1.54) is 0 Å². The predicted octanol–water partition coefficient (Wildman–Crippen LogP) is 1.32. The lowest BCUT2D eigenvalue weighted by atomic mass is 10.1. The maximum atomic E-state index is 12.2. The second-order valence-corrected chi connectivity index (χ2v) is 5.37. The highest BCUT2D eigenvalue weighted by molar-refractivity contribution is 5.76. The molecule has 3 rings (SSSR count). The zero-order valence-electron chi connectivity index (χ0n) is 11.6. The van der Waals surface area contributed by atoms with Crippen LogP contribution in [0, 0.1) is 6.92 Å². The molecule has 20 heavy (non-hydrogen) atoms. The largest absolute Gasteiger partial charge is 0.342 e. The van der Waals surface area contributed by atoms with Gasteiger partial charge < -0.3 is 4.90 Å². The molecule has 3 heterocycles. The Morgan fingerprint density at radius 1 is 1.55 bits per heavy atom. The van der Waals surface area contributed by atoms with Crippen LogP contribution in [-0.2, 0) is 11.3 Å². The normalized spacial score (nSPS) is 18.6. The van der Waals surface area contributed by atoms with Crippen molar-refractivity contribution in [2.75, 3.05) is 13.1 Å². The minimum absolute atomic E-state index is 0.208. The first-order valence-corrected chi connectivity index (χ1v) is 6.98. The molecule has 1 unspecified atom stereocenters. The molecule has 6 nitrogen and oxygen atoms in total. The summed E-state index contributed by atoms with van der Waals surface area (Å²) in [6.07, 6.45) is 7.06. The third kappa shape index (κ3) is 2.74. The van der Waals surface area contributed by atoms with E-state index in [9.17, 15) is 4.79 Å². The van der Waals surface area contributed by atoms with E-state index in [2.05, 4.69) is 15.3 Å². The summed E-state index contributed by atoms with van der Waals surface area (Å²) in [5, 5.41) is 11.2. The zero-order valence-corrected chi connectivity index (χ0v) is 11.6. The summed E-state index contributed by atoms with van der Waals surface area (Å²) in [6.45, 7) is 4.28. The number of nitrogens with zero attached hydrogens (tertiary/aromatic N) is 4. The Kier molecular flexibility index (Phi) is 3.54. The van der Waals surface area contributed by atoms with Gasteiger partial charge in [0, 0.05) is 50.1 Å². The molecule has 0 saturated carbocycles. The number of hydrogen-bond acceptors (Lipinski definition) is 3. The van der Waals surface area contributed by atoms with Gasteiger partial charge in [0.05, 0.1) is 6.20 Å². The van der Waals surface area contributed by atoms with Crippen molar-refractivity contribution in [1.82, 2.24) is 24.9 Å². The summed E-state index contributed by atoms with van der Waals surface area (Å²) in [5.74, 6) is 0.605. The lowest BCUT2D eigenvalue weighted by Gasteiger charge is -2.16. The first-order valence-electron chi connectivity index (χ1n) is 6.98. The Morgan fingerprint density at radius 3 is 3.15 bits per heavy atom. The number of H-pyrrole nitrogens is 1. The molecule has 1 atom stereocenters. The van der Waals surface area contributed by atoms with Crippen LogP contribution in [0.3, 0.4) is 0 Å². The Hall–Kier alpha value is -2.11. The molecule has 106 valence electrons. The van der Waals surface area contributed by atoms with Gasteiger partial charge in [0.1, 0.15) is 0 Å². The number of aromatic nitrogens is 4. The highest BCUT2D eigenvalue weighted by Gasteiger charge is 2.27. The van der Waals surface area contributed by atoms with Crippen LogP contribution in [0.1, 0.15) is 30.0 Å². The summed E-state index contributed by atoms with van der Waals surface area (Å²) < 4.78 is 1.83. The number of aromatic amines is 1. The van der Waals surface area contributed by atoms with Gasteiger partial charge in [-0.3, -0.25) is 14.6 Å². The predicted molar refractivity (Wildman–Crippen MR) is 74.1 cm³/mol. The Morgan fingerprint density at radius 2 is 2.45 bits per heavy atom. The van der Waals surface area contributed by atoms with Crippen LogP contribution < -0.4 is 0 Å². The van der Waals surface area contributed by atoms with Crippen LogP contribution in [0.5, 0.6) is 0 Å². The minimum atomic E-state index is 0.208. The molecular formula is C14H19N5O. The van der Waals surface area contributed by atoms with E-state index in [1.54, 1.807) is 6.20 Å². The smallest absolute Gasteiger partial charge is 0.224 e. The number of aryl methyl sites for hydroxylation is 2. The summed E-state index contributed by atoms with van der Waals surface area (Å²) in [4.78, 5) is 14.1. The van der Waals surface area contributed by atoms with Crippen molar-refractivity contribution in [3.05, 3.63) is 35.9 Å². The fraction of sp³-hybridized carbons (Fsp3) is 0.500. The van der Waals surface area contributed by atoms with Crippen molar-refractivity contribution in [3.63, 3.8) is 0 Å². The molecule has 1 N–H and O–H groups in total. The van der Waals surface area contributed by atoms with Crippen LogP contribution >= 0.6 is 0 Å². The highest BCUT2D eigenvalue weighted by Crippen LogP contribution is 2.25. The van der Waals surface area contributed by atoms with Crippen molar-refractivity contribution >= 4 is 5.91 Å². The fourth-order valence-corrected chi connectivity index (χ4v) is 2.69. The lowest BCUT2D eigenvalue weighted by molar-refractivity contribution is -0.130. The molecule has 1 aliphatic heterocycles. The van der Waals surface area contributed by atoms with E-state index in [4.69, 9.17) is 0 Å². The third-order valence-corrected chi connectivity index (χ3v) is 3.82. The summed E-state index contributed by atoms with van der Waals surface area (Å²) in [6, 6.07) is 1.99. The minimum Gasteiger partial charge on any atom is -0.342 e. The summed E-state index contributed by atoms with van der Waals surface area (Å²) >= 11 is 0. The molecule has 2 aromatic heterocycles. The van der Waals surface area contributed by atoms with Gasteiger partial charge in [-0.2, -0.15) is 10.2 Å². The summed E-state index contributed by atoms with van der Waals surface area (Å²) in [5.41, 5.74) is 2.25. The van der Waals surface area contributed by atoms with E-state index in [-0.39, 0.29) is 5.91 Å². The SMILES string of the molecule is Cc1cnn(CCC(=O)N2CCC(c3ccn[nH]3)C2)c1. The molecule has 0 aromatic carbocycles. The molecule has 0 spiro atoms. The van der Waals surface area contributed by atoms with Gasteiger partial charge >= 0.3 is 0 Å². The second-order valence-electron chi connectivity index (χ2n) is 5.37. The summed E-state index contributed by atoms with van der Waals surface area (Å²) in [7, 11) is 0. The van der Waals surface area contributed by atoms with Gasteiger partial charge in [-0.15, -0.1) is 0 Å². The molecule has 1 fully saturated rings. The number of likely N-dealkylation sites (tertiary alicyclic amines) is 1. The monoisotopic (exact) mass is 273 g/mol. The van der Waals surface area contributed by atoms with E-state index in [1.807, 2.05) is 35.0 Å². The zero-order chi connectivity index (χ0) is 13.9. The molecule has 2 aromatic rings. The number of hydrogen-bond donors (Lipinski definition) is 1. The van der Waals surface area contributed by atoms with E-state index < -0.39 is 0 Å². The number of amides is 1. The van der Waals surface area contributed by atoms with E-state index in [0.29, 0.717) is 18.9 Å². The van der Waals surface area contributed by atoms with Crippen molar-refractivity contribution in [1.29, 1.82) is 0 Å². The first kappa shape index (κ1) is 12.9. The van der Waals surface area contributed by atoms with Crippen molar-refractivity contribution in [2.45, 2.75) is 32.2 Å². The van der Waals surface area contributed by atoms with Gasteiger partial charge in [-0.25, -0.2) is 0 Å². The maximum absolute atomic E-state index is 12.2. The topological polar surface area (TPSA) is 66.8 Å². The van der Waals surface area contributed by atoms with E-state index in [0.717, 1.165) is 30.8 Å². The number of nitrogens with one attached hydrogen (secondary N) is 1. The molecule has 0 bridgehead atoms. The van der Waals surface area contributed by atoms with Gasteiger partial charge in [0.25, 0.3) is 0 Å². The van der Waals surface area contributed by atoms with Crippen LogP contribution in [0.2, 0.25) is 0 Å². The van der Waals surface area contributed by atoms with Gasteiger partial charge in [0.2, 0.25) is 5.91 Å². The standard InChI is InChI=1S/C14H19N5O/c1-11-8-16-19(9-11)7-4-14(20)18-6-3-12(10-18)13-2-5-15-17-13/h2,5,8-9,12H,3-4,6-7,10H2,1H3,(H,15,17). The molecule has 0 aliphatic carbocycles. The molecule has 1 aliphatic rings. The number of rotatable bonds is 4. The number of carbonyl (C=O) groups excluding carboxylic acids is 1. The Labute approximate surface area is 117 Å². The molecule has 6 heteroatoms. The fourth-order valence-electron chi connectivity index (χ4n) is 2.69. The Bertz CT molecular complexity index is 574. The number of carbonyl (C=O) groups is 1.